The Balaban J connectivity index is 2.21. The molecule has 1 aliphatic rings. The molecule has 1 saturated carbocycles. The molecule has 0 saturated heterocycles. The van der Waals surface area contributed by atoms with Crippen LogP contribution in [0.5, 0.6) is 0 Å². The van der Waals surface area contributed by atoms with Crippen molar-refractivity contribution in [1.29, 1.82) is 0 Å². The number of carbonyl (C=O) groups is 1. The van der Waals surface area contributed by atoms with Gasteiger partial charge in [-0.15, -0.1) is 0 Å². The van der Waals surface area contributed by atoms with Crippen molar-refractivity contribution in [1.82, 2.24) is 5.48 Å². The van der Waals surface area contributed by atoms with Gasteiger partial charge in [-0.3, -0.25) is 0 Å². The van der Waals surface area contributed by atoms with Crippen LogP contribution in [-0.4, -0.2) is 25.3 Å². The standard InChI is InChI=1S/C14H20AsNO5/c1-11(17)16-20-15(18,21-19)14-9-5-8-13(10-14)12-6-3-2-4-7-12/h5,8-10,12,19H,2-4,6-7H2,1H3,(H,16,17). The SMILES string of the molecule is CC(=O)NO[As](=O)(OO)c1cccc(C2CCCCC2)c1. The molecular weight excluding hydrogens is 337 g/mol. The van der Waals surface area contributed by atoms with Gasteiger partial charge in [0.15, 0.2) is 0 Å². The summed E-state index contributed by atoms with van der Waals surface area (Å²) in [5.74, 6) is -0.0841. The normalized spacial score (nSPS) is 19.0. The summed E-state index contributed by atoms with van der Waals surface area (Å²) in [6, 6.07) is 7.07. The van der Waals surface area contributed by atoms with Gasteiger partial charge in [-0.05, 0) is 0 Å². The Morgan fingerprint density at radius 2 is 2.05 bits per heavy atom. The van der Waals surface area contributed by atoms with E-state index in [9.17, 15) is 8.53 Å². The van der Waals surface area contributed by atoms with Gasteiger partial charge < -0.3 is 0 Å². The fourth-order valence-corrected chi connectivity index (χ4v) is 4.84. The third-order valence-electron chi connectivity index (χ3n) is 3.68. The second-order valence-electron chi connectivity index (χ2n) is 5.26. The molecule has 7 heteroatoms. The van der Waals surface area contributed by atoms with E-state index < -0.39 is 20.1 Å². The first-order chi connectivity index (χ1) is 10.0. The van der Waals surface area contributed by atoms with Gasteiger partial charge in [0.1, 0.15) is 0 Å². The van der Waals surface area contributed by atoms with Gasteiger partial charge >= 0.3 is 126 Å². The van der Waals surface area contributed by atoms with Crippen LogP contribution in [0.2, 0.25) is 0 Å². The maximum atomic E-state index is 12.5. The fourth-order valence-electron chi connectivity index (χ4n) is 2.63. The van der Waals surface area contributed by atoms with Crippen molar-refractivity contribution in [2.45, 2.75) is 44.9 Å². The van der Waals surface area contributed by atoms with Crippen molar-refractivity contribution in [3.63, 3.8) is 0 Å². The molecule has 0 aliphatic heterocycles. The molecule has 21 heavy (non-hydrogen) atoms. The predicted molar refractivity (Wildman–Crippen MR) is 77.0 cm³/mol. The molecule has 0 spiro atoms. The first-order valence-corrected chi connectivity index (χ1v) is 10.3. The van der Waals surface area contributed by atoms with Crippen molar-refractivity contribution in [2.75, 3.05) is 0 Å². The quantitative estimate of drug-likeness (QED) is 0.477. The number of amides is 1. The number of rotatable bonds is 5. The van der Waals surface area contributed by atoms with E-state index in [4.69, 9.17) is 9.08 Å². The fraction of sp³-hybridized carbons (Fsp3) is 0.500. The zero-order chi connectivity index (χ0) is 15.3. The topological polar surface area (TPSA) is 84.9 Å². The average Bonchev–Trinajstić information content (AvgIpc) is 2.53. The Bertz CT molecular complexity index is 542. The Labute approximate surface area is 126 Å². The monoisotopic (exact) mass is 357 g/mol. The van der Waals surface area contributed by atoms with Crippen LogP contribution in [0.1, 0.15) is 50.5 Å². The molecule has 0 radical (unpaired) electrons. The van der Waals surface area contributed by atoms with Gasteiger partial charge in [0.2, 0.25) is 0 Å². The maximum absolute atomic E-state index is 12.5. The number of nitrogens with one attached hydrogen (secondary N) is 1. The molecule has 1 fully saturated rings. The second kappa shape index (κ2) is 7.27. The first-order valence-electron chi connectivity index (χ1n) is 7.04. The third kappa shape index (κ3) is 4.20. The zero-order valence-electron chi connectivity index (χ0n) is 11.9. The van der Waals surface area contributed by atoms with Crippen LogP contribution in [0.4, 0.5) is 0 Å². The Morgan fingerprint density at radius 3 is 2.67 bits per heavy atom. The molecule has 1 unspecified atom stereocenters. The summed E-state index contributed by atoms with van der Waals surface area (Å²) in [7, 11) is 0. The van der Waals surface area contributed by atoms with E-state index in [-0.39, 0.29) is 4.35 Å². The van der Waals surface area contributed by atoms with Crippen LogP contribution in [0.15, 0.2) is 24.3 Å². The van der Waals surface area contributed by atoms with E-state index in [0.29, 0.717) is 5.92 Å². The van der Waals surface area contributed by atoms with Gasteiger partial charge in [0, 0.05) is 0 Å². The average molecular weight is 357 g/mol. The van der Waals surface area contributed by atoms with Gasteiger partial charge in [0.25, 0.3) is 0 Å². The van der Waals surface area contributed by atoms with Crippen molar-refractivity contribution >= 4 is 24.4 Å². The molecule has 6 nitrogen and oxygen atoms in total. The molecule has 116 valence electrons. The van der Waals surface area contributed by atoms with E-state index >= 15 is 0 Å². The number of hydrogen-bond acceptors (Lipinski definition) is 5. The van der Waals surface area contributed by atoms with Crippen LogP contribution < -0.4 is 9.83 Å². The minimum absolute atomic E-state index is 0.285. The molecule has 1 amide bonds. The van der Waals surface area contributed by atoms with Crippen molar-refractivity contribution in [2.24, 2.45) is 0 Å². The molecule has 0 heterocycles. The molecule has 1 atom stereocenters. The van der Waals surface area contributed by atoms with Crippen molar-refractivity contribution in [3.8, 4) is 0 Å². The van der Waals surface area contributed by atoms with E-state index in [1.54, 1.807) is 18.2 Å². The molecule has 1 aliphatic carbocycles. The van der Waals surface area contributed by atoms with Crippen LogP contribution in [0.25, 0.3) is 0 Å². The van der Waals surface area contributed by atoms with Crippen molar-refractivity contribution in [3.05, 3.63) is 29.8 Å². The van der Waals surface area contributed by atoms with E-state index in [1.165, 1.54) is 26.2 Å². The van der Waals surface area contributed by atoms with Gasteiger partial charge in [-0.2, -0.15) is 0 Å². The third-order valence-corrected chi connectivity index (χ3v) is 6.74. The molecule has 0 bridgehead atoms. The van der Waals surface area contributed by atoms with Gasteiger partial charge in [-0.25, -0.2) is 0 Å². The van der Waals surface area contributed by atoms with Gasteiger partial charge in [0.05, 0.1) is 0 Å². The first kappa shape index (κ1) is 16.3. The number of carbonyl (C=O) groups excluding carboxylic acids is 1. The summed E-state index contributed by atoms with van der Waals surface area (Å²) in [6.45, 7) is 1.22. The van der Waals surface area contributed by atoms with E-state index in [0.717, 1.165) is 18.4 Å². The van der Waals surface area contributed by atoms with Crippen LogP contribution >= 0.6 is 0 Å². The number of hydroxylamine groups is 1. The Hall–Kier alpha value is -1.07. The molecular formula is C14H20AsNO5. The summed E-state index contributed by atoms with van der Waals surface area (Å²) < 4.78 is 21.7. The van der Waals surface area contributed by atoms with Crippen molar-refractivity contribution < 1.29 is 21.5 Å². The summed E-state index contributed by atoms with van der Waals surface area (Å²) in [4.78, 5) is 10.9. The number of benzene rings is 1. The minimum atomic E-state index is -4.67. The summed E-state index contributed by atoms with van der Waals surface area (Å²) in [6.07, 6.45) is 5.84. The molecule has 2 N–H and O–H groups in total. The van der Waals surface area contributed by atoms with Crippen LogP contribution in [0.3, 0.4) is 0 Å². The van der Waals surface area contributed by atoms with Crippen LogP contribution in [-0.2, 0) is 16.2 Å². The molecule has 1 aromatic rings. The van der Waals surface area contributed by atoms with E-state index in [1.807, 2.05) is 11.5 Å². The molecule has 1 aromatic carbocycles. The molecule has 0 aromatic heterocycles. The Morgan fingerprint density at radius 1 is 1.33 bits per heavy atom. The Kier molecular flexibility index (Phi) is 5.64. The van der Waals surface area contributed by atoms with Crippen LogP contribution in [0, 0.1) is 0 Å². The zero-order valence-corrected chi connectivity index (χ0v) is 13.8. The van der Waals surface area contributed by atoms with Gasteiger partial charge in [-0.1, -0.05) is 0 Å². The summed E-state index contributed by atoms with van der Waals surface area (Å²) >= 11 is -4.67. The number of hydrogen-bond donors (Lipinski definition) is 2. The predicted octanol–water partition coefficient (Wildman–Crippen LogP) is 1.87. The second-order valence-corrected chi connectivity index (χ2v) is 9.16. The molecule has 2 rings (SSSR count). The summed E-state index contributed by atoms with van der Waals surface area (Å²) in [5, 5.41) is 8.94. The summed E-state index contributed by atoms with van der Waals surface area (Å²) in [5.41, 5.74) is 3.04. The van der Waals surface area contributed by atoms with E-state index in [2.05, 4.69) is 3.88 Å².